The van der Waals surface area contributed by atoms with Gasteiger partial charge in [0.15, 0.2) is 0 Å². The second-order valence-corrected chi connectivity index (χ2v) is 3.36. The summed E-state index contributed by atoms with van der Waals surface area (Å²) in [5, 5.41) is 22.2. The van der Waals surface area contributed by atoms with Crippen LogP contribution >= 0.6 is 0 Å². The van der Waals surface area contributed by atoms with Crippen molar-refractivity contribution >= 4 is 5.69 Å². The molecule has 0 bridgehead atoms. The minimum absolute atomic E-state index is 0.0601. The van der Waals surface area contributed by atoms with Gasteiger partial charge >= 0.3 is 0 Å². The molecule has 0 aliphatic heterocycles. The van der Waals surface area contributed by atoms with Crippen LogP contribution in [0.5, 0.6) is 0 Å². The Hall–Kier alpha value is -2.31. The van der Waals surface area contributed by atoms with E-state index < -0.39 is 4.92 Å². The topological polar surface area (TPSA) is 86.7 Å². The Morgan fingerprint density at radius 1 is 1.44 bits per heavy atom. The SMILES string of the molecule is Cc1ccc(-c2nnn(C)n2)cc1[N+](=O)[O-]. The summed E-state index contributed by atoms with van der Waals surface area (Å²) in [5.74, 6) is 0.380. The van der Waals surface area contributed by atoms with Crippen LogP contribution in [-0.2, 0) is 7.05 Å². The largest absolute Gasteiger partial charge is 0.273 e. The predicted molar refractivity (Wildman–Crippen MR) is 55.6 cm³/mol. The van der Waals surface area contributed by atoms with Gasteiger partial charge in [-0.15, -0.1) is 10.2 Å². The highest BCUT2D eigenvalue weighted by atomic mass is 16.6. The zero-order chi connectivity index (χ0) is 11.7. The third-order valence-corrected chi connectivity index (χ3v) is 2.17. The molecule has 0 spiro atoms. The summed E-state index contributed by atoms with van der Waals surface area (Å²) in [5.41, 5.74) is 1.26. The fourth-order valence-electron chi connectivity index (χ4n) is 1.34. The van der Waals surface area contributed by atoms with E-state index in [4.69, 9.17) is 0 Å². The number of nitro benzene ring substituents is 1. The lowest BCUT2D eigenvalue weighted by Crippen LogP contribution is -1.94. The van der Waals surface area contributed by atoms with Crippen molar-refractivity contribution in [3.63, 3.8) is 0 Å². The van der Waals surface area contributed by atoms with Crippen LogP contribution in [0.15, 0.2) is 18.2 Å². The number of hydrogen-bond donors (Lipinski definition) is 0. The van der Waals surface area contributed by atoms with E-state index in [0.717, 1.165) is 0 Å². The van der Waals surface area contributed by atoms with E-state index in [1.165, 1.54) is 10.9 Å². The van der Waals surface area contributed by atoms with Gasteiger partial charge in [0, 0.05) is 17.2 Å². The Morgan fingerprint density at radius 2 is 2.19 bits per heavy atom. The van der Waals surface area contributed by atoms with Crippen molar-refractivity contribution < 1.29 is 4.92 Å². The first-order chi connectivity index (χ1) is 7.58. The van der Waals surface area contributed by atoms with Crippen molar-refractivity contribution in [1.29, 1.82) is 0 Å². The summed E-state index contributed by atoms with van der Waals surface area (Å²) in [4.78, 5) is 11.6. The number of tetrazole rings is 1. The van der Waals surface area contributed by atoms with Crippen LogP contribution in [-0.4, -0.2) is 25.1 Å². The molecule has 0 radical (unpaired) electrons. The van der Waals surface area contributed by atoms with Crippen molar-refractivity contribution in [3.8, 4) is 11.4 Å². The van der Waals surface area contributed by atoms with Gasteiger partial charge in [0.1, 0.15) is 0 Å². The van der Waals surface area contributed by atoms with Gasteiger partial charge < -0.3 is 0 Å². The van der Waals surface area contributed by atoms with E-state index in [2.05, 4.69) is 15.4 Å². The monoisotopic (exact) mass is 219 g/mol. The average Bonchev–Trinajstić information content (AvgIpc) is 2.65. The smallest absolute Gasteiger partial charge is 0.258 e. The molecule has 1 aromatic heterocycles. The number of aryl methyl sites for hydroxylation is 2. The highest BCUT2D eigenvalue weighted by Crippen LogP contribution is 2.23. The van der Waals surface area contributed by atoms with Gasteiger partial charge in [-0.05, 0) is 12.1 Å². The van der Waals surface area contributed by atoms with Gasteiger partial charge in [-0.25, -0.2) is 0 Å². The number of nitrogens with zero attached hydrogens (tertiary/aromatic N) is 5. The molecule has 0 saturated carbocycles. The minimum Gasteiger partial charge on any atom is -0.258 e. The van der Waals surface area contributed by atoms with Crippen molar-refractivity contribution in [2.45, 2.75) is 6.92 Å². The maximum Gasteiger partial charge on any atom is 0.273 e. The van der Waals surface area contributed by atoms with Gasteiger partial charge in [0.2, 0.25) is 5.82 Å². The molecule has 0 fully saturated rings. The zero-order valence-electron chi connectivity index (χ0n) is 8.78. The van der Waals surface area contributed by atoms with Crippen molar-refractivity contribution in [1.82, 2.24) is 20.2 Å². The van der Waals surface area contributed by atoms with Crippen LogP contribution in [0.1, 0.15) is 5.56 Å². The fourth-order valence-corrected chi connectivity index (χ4v) is 1.34. The maximum absolute atomic E-state index is 10.8. The summed E-state index contributed by atoms with van der Waals surface area (Å²) < 4.78 is 0. The zero-order valence-corrected chi connectivity index (χ0v) is 8.78. The van der Waals surface area contributed by atoms with E-state index in [1.807, 2.05) is 0 Å². The van der Waals surface area contributed by atoms with Crippen LogP contribution in [0.3, 0.4) is 0 Å². The van der Waals surface area contributed by atoms with Crippen molar-refractivity contribution in [3.05, 3.63) is 33.9 Å². The normalized spacial score (nSPS) is 10.4. The standard InChI is InChI=1S/C9H9N5O2/c1-6-3-4-7(5-8(6)14(15)16)9-10-12-13(2)11-9/h3-5H,1-2H3. The molecule has 0 N–H and O–H groups in total. The lowest BCUT2D eigenvalue weighted by atomic mass is 10.1. The van der Waals surface area contributed by atoms with Gasteiger partial charge in [-0.1, -0.05) is 12.1 Å². The molecule has 82 valence electrons. The van der Waals surface area contributed by atoms with Crippen LogP contribution in [0.25, 0.3) is 11.4 Å². The molecular formula is C9H9N5O2. The Morgan fingerprint density at radius 3 is 2.75 bits per heavy atom. The molecule has 7 heteroatoms. The van der Waals surface area contributed by atoms with Crippen molar-refractivity contribution in [2.75, 3.05) is 0 Å². The Balaban J connectivity index is 2.51. The Bertz CT molecular complexity index is 549. The number of nitro groups is 1. The molecule has 0 atom stereocenters. The molecule has 7 nitrogen and oxygen atoms in total. The van der Waals surface area contributed by atoms with Crippen LogP contribution in [0.4, 0.5) is 5.69 Å². The Kier molecular flexibility index (Phi) is 2.35. The number of rotatable bonds is 2. The van der Waals surface area contributed by atoms with Crippen molar-refractivity contribution in [2.24, 2.45) is 7.05 Å². The third-order valence-electron chi connectivity index (χ3n) is 2.17. The van der Waals surface area contributed by atoms with Gasteiger partial charge in [0.05, 0.1) is 12.0 Å². The number of aromatic nitrogens is 4. The second kappa shape index (κ2) is 3.69. The lowest BCUT2D eigenvalue weighted by molar-refractivity contribution is -0.385. The summed E-state index contributed by atoms with van der Waals surface area (Å²) in [6.45, 7) is 1.69. The molecule has 0 amide bonds. The van der Waals surface area contributed by atoms with Gasteiger partial charge in [0.25, 0.3) is 5.69 Å². The second-order valence-electron chi connectivity index (χ2n) is 3.36. The number of hydrogen-bond acceptors (Lipinski definition) is 5. The van der Waals surface area contributed by atoms with Gasteiger partial charge in [-0.3, -0.25) is 10.1 Å². The quantitative estimate of drug-likeness (QED) is 0.557. The molecule has 16 heavy (non-hydrogen) atoms. The summed E-state index contributed by atoms with van der Waals surface area (Å²) in [6.07, 6.45) is 0. The van der Waals surface area contributed by atoms with E-state index in [1.54, 1.807) is 26.1 Å². The molecule has 0 saturated heterocycles. The van der Waals surface area contributed by atoms with Gasteiger partial charge in [-0.2, -0.15) is 4.80 Å². The summed E-state index contributed by atoms with van der Waals surface area (Å²) >= 11 is 0. The number of benzene rings is 1. The lowest BCUT2D eigenvalue weighted by Gasteiger charge is -1.98. The Labute approximate surface area is 90.9 Å². The predicted octanol–water partition coefficient (Wildman–Crippen LogP) is 1.09. The fraction of sp³-hybridized carbons (Fsp3) is 0.222. The molecule has 0 aliphatic rings. The molecule has 0 aliphatic carbocycles. The first kappa shape index (κ1) is 10.2. The molecule has 2 aromatic rings. The molecule has 2 rings (SSSR count). The third kappa shape index (κ3) is 1.74. The first-order valence-corrected chi connectivity index (χ1v) is 4.57. The summed E-state index contributed by atoms with van der Waals surface area (Å²) in [7, 11) is 1.64. The van der Waals surface area contributed by atoms with E-state index >= 15 is 0 Å². The first-order valence-electron chi connectivity index (χ1n) is 4.57. The highest BCUT2D eigenvalue weighted by molar-refractivity contribution is 5.60. The van der Waals surface area contributed by atoms with E-state index in [0.29, 0.717) is 17.0 Å². The molecule has 1 aromatic carbocycles. The van der Waals surface area contributed by atoms with E-state index in [9.17, 15) is 10.1 Å². The minimum atomic E-state index is -0.421. The highest BCUT2D eigenvalue weighted by Gasteiger charge is 2.13. The van der Waals surface area contributed by atoms with E-state index in [-0.39, 0.29) is 5.69 Å². The molecule has 0 unspecified atom stereocenters. The molecule has 1 heterocycles. The van der Waals surface area contributed by atoms with Crippen LogP contribution in [0, 0.1) is 17.0 Å². The average molecular weight is 219 g/mol. The van der Waals surface area contributed by atoms with Crippen LogP contribution < -0.4 is 0 Å². The molecular weight excluding hydrogens is 210 g/mol. The maximum atomic E-state index is 10.8. The van der Waals surface area contributed by atoms with Crippen LogP contribution in [0.2, 0.25) is 0 Å². The summed E-state index contributed by atoms with van der Waals surface area (Å²) in [6, 6.07) is 4.86.